The van der Waals surface area contributed by atoms with E-state index in [-0.39, 0.29) is 0 Å². The quantitative estimate of drug-likeness (QED) is 0.472. The maximum absolute atomic E-state index is 9.95. The first kappa shape index (κ1) is 9.12. The molecule has 0 aliphatic heterocycles. The van der Waals surface area contributed by atoms with Gasteiger partial charge in [-0.25, -0.2) is 0 Å². The van der Waals surface area contributed by atoms with Crippen molar-refractivity contribution in [3.8, 4) is 0 Å². The Morgan fingerprint density at radius 1 is 1.33 bits per heavy atom. The van der Waals surface area contributed by atoms with E-state index in [9.17, 15) is 8.42 Å². The smallest absolute Gasteiger partial charge is 0.180 e. The molecule has 0 fully saturated rings. The third kappa shape index (κ3) is 8.12. The number of hydrogen-bond acceptors (Lipinski definition) is 2. The highest BCUT2D eigenvalue weighted by Gasteiger charge is 1.82. The molecule has 0 aromatic rings. The minimum atomic E-state index is -1.85. The second kappa shape index (κ2) is 6.24. The fourth-order valence-electron chi connectivity index (χ4n) is 0.501. The fraction of sp³-hybridized carbons (Fsp3) is 1.00. The summed E-state index contributed by atoms with van der Waals surface area (Å²) in [6.45, 7) is 2.10. The Kier molecular flexibility index (Phi) is 6.33. The van der Waals surface area contributed by atoms with E-state index in [4.69, 9.17) is 0 Å². The maximum Gasteiger partial charge on any atom is 0.234 e. The third-order valence-electron chi connectivity index (χ3n) is 0.958. The molecule has 2 nitrogen and oxygen atoms in total. The van der Waals surface area contributed by atoms with E-state index < -0.39 is 9.88 Å². The van der Waals surface area contributed by atoms with Crippen molar-refractivity contribution in [3.05, 3.63) is 0 Å². The fourth-order valence-corrected chi connectivity index (χ4v) is 1.84. The predicted molar refractivity (Wildman–Crippen MR) is 40.2 cm³/mol. The van der Waals surface area contributed by atoms with Gasteiger partial charge in [-0.2, -0.15) is 8.42 Å². The minimum Gasteiger partial charge on any atom is -0.180 e. The van der Waals surface area contributed by atoms with Crippen molar-refractivity contribution in [2.45, 2.75) is 26.2 Å². The van der Waals surface area contributed by atoms with E-state index in [0.29, 0.717) is 7.36 Å². The topological polar surface area (TPSA) is 34.1 Å². The molecule has 0 aromatic carbocycles. The van der Waals surface area contributed by atoms with E-state index >= 15 is 0 Å². The van der Waals surface area contributed by atoms with Crippen LogP contribution in [0, 0.1) is 0 Å². The van der Waals surface area contributed by atoms with Crippen molar-refractivity contribution in [1.82, 2.24) is 0 Å². The van der Waals surface area contributed by atoms with E-state index in [1.165, 1.54) is 0 Å². The lowest BCUT2D eigenvalue weighted by molar-refractivity contribution is 0.628. The van der Waals surface area contributed by atoms with Crippen LogP contribution in [0.4, 0.5) is 0 Å². The van der Waals surface area contributed by atoms with E-state index in [2.05, 4.69) is 6.92 Å². The molecule has 54 valence electrons. The van der Waals surface area contributed by atoms with Crippen LogP contribution in [-0.2, 0) is 9.88 Å². The van der Waals surface area contributed by atoms with Crippen molar-refractivity contribution < 1.29 is 8.42 Å². The zero-order chi connectivity index (χ0) is 7.11. The summed E-state index contributed by atoms with van der Waals surface area (Å²) in [4.78, 5) is 0. The molecule has 0 atom stereocenters. The van der Waals surface area contributed by atoms with E-state index in [0.717, 1.165) is 25.4 Å². The lowest BCUT2D eigenvalue weighted by Crippen LogP contribution is -1.72. The number of hydrogen-bond donors (Lipinski definition) is 0. The average Bonchev–Trinajstić information content (AvgIpc) is 1.80. The van der Waals surface area contributed by atoms with Crippen LogP contribution in [0.5, 0.6) is 0 Å². The Morgan fingerprint density at radius 3 is 2.44 bits per heavy atom. The van der Waals surface area contributed by atoms with Gasteiger partial charge in [0.15, 0.2) is 0 Å². The molecule has 4 heteroatoms. The summed E-state index contributed by atoms with van der Waals surface area (Å²) < 4.78 is 19.9. The second-order valence-electron chi connectivity index (χ2n) is 1.78. The molecule has 9 heavy (non-hydrogen) atoms. The Balaban J connectivity index is 3.20. The lowest BCUT2D eigenvalue weighted by atomic mass is 10.3. The average molecular weight is 166 g/mol. The molecule has 0 saturated heterocycles. The van der Waals surface area contributed by atoms with Gasteiger partial charge in [-0.05, 0) is 6.42 Å². The zero-order valence-corrected chi connectivity index (χ0v) is 7.21. The van der Waals surface area contributed by atoms with Gasteiger partial charge in [0.25, 0.3) is 0 Å². The molecule has 0 radical (unpaired) electrons. The summed E-state index contributed by atoms with van der Waals surface area (Å²) in [7, 11) is -1.30. The first-order valence-electron chi connectivity index (χ1n) is 3.04. The lowest BCUT2D eigenvalue weighted by Gasteiger charge is -1.86. The first-order chi connectivity index (χ1) is 4.27. The minimum absolute atomic E-state index is 0.552. The molecule has 0 bridgehead atoms. The van der Waals surface area contributed by atoms with Crippen LogP contribution in [-0.4, -0.2) is 14.6 Å². The third-order valence-corrected chi connectivity index (χ3v) is 2.85. The van der Waals surface area contributed by atoms with Crippen molar-refractivity contribution in [2.75, 3.05) is 6.16 Å². The van der Waals surface area contributed by atoms with Gasteiger partial charge in [0.05, 0.1) is 0 Å². The van der Waals surface area contributed by atoms with Gasteiger partial charge in [0.2, 0.25) is 9.88 Å². The number of rotatable bonds is 4. The molecule has 0 unspecified atom stereocenters. The van der Waals surface area contributed by atoms with Gasteiger partial charge in [-0.3, -0.25) is 0 Å². The molecule has 0 aliphatic rings. The molecule has 0 N–H and O–H groups in total. The zero-order valence-electron chi connectivity index (χ0n) is 5.50. The molecule has 0 rings (SSSR count). The summed E-state index contributed by atoms with van der Waals surface area (Å²) in [5.74, 6) is 0. The van der Waals surface area contributed by atoms with Crippen LogP contribution >= 0.6 is 7.36 Å². The largest absolute Gasteiger partial charge is 0.234 e. The van der Waals surface area contributed by atoms with Crippen LogP contribution in [0.15, 0.2) is 0 Å². The van der Waals surface area contributed by atoms with Crippen molar-refractivity contribution in [3.63, 3.8) is 0 Å². The van der Waals surface area contributed by atoms with Crippen molar-refractivity contribution in [2.24, 2.45) is 0 Å². The van der Waals surface area contributed by atoms with Crippen molar-refractivity contribution >= 4 is 17.2 Å². The predicted octanol–water partition coefficient (Wildman–Crippen LogP) is 1.92. The van der Waals surface area contributed by atoms with Crippen LogP contribution in [0.2, 0.25) is 0 Å². The molecule has 0 spiro atoms. The van der Waals surface area contributed by atoms with Crippen molar-refractivity contribution in [1.29, 1.82) is 0 Å². The molecule has 0 saturated carbocycles. The van der Waals surface area contributed by atoms with E-state index in [1.807, 2.05) is 0 Å². The summed E-state index contributed by atoms with van der Waals surface area (Å²) in [6.07, 6.45) is 4.13. The van der Waals surface area contributed by atoms with Crippen LogP contribution < -0.4 is 0 Å². The van der Waals surface area contributed by atoms with Gasteiger partial charge in [0, 0.05) is 13.5 Å². The van der Waals surface area contributed by atoms with Gasteiger partial charge >= 0.3 is 0 Å². The SMILES string of the molecule is CCCCCP=S(=O)=O. The molecule has 0 heterocycles. The monoisotopic (exact) mass is 166 g/mol. The van der Waals surface area contributed by atoms with Gasteiger partial charge in [-0.15, -0.1) is 0 Å². The summed E-state index contributed by atoms with van der Waals surface area (Å²) in [5, 5.41) is 0. The standard InChI is InChI=1S/C5H11O2PS/c1-2-3-4-5-8-9(6)7/h2-5H2,1H3. The van der Waals surface area contributed by atoms with E-state index in [1.54, 1.807) is 0 Å². The molecular weight excluding hydrogens is 155 g/mol. The highest BCUT2D eigenvalue weighted by atomic mass is 32.5. The Bertz CT molecular complexity index is 163. The summed E-state index contributed by atoms with van der Waals surface area (Å²) >= 11 is 0. The van der Waals surface area contributed by atoms with Gasteiger partial charge in [0.1, 0.15) is 0 Å². The van der Waals surface area contributed by atoms with Gasteiger partial charge in [-0.1, -0.05) is 19.8 Å². The second-order valence-corrected chi connectivity index (χ2v) is 4.59. The normalized spacial score (nSPS) is 9.89. The molecular formula is C5H11O2PS. The first-order valence-corrected chi connectivity index (χ1v) is 5.80. The molecule has 0 aromatic heterocycles. The Labute approximate surface area is 58.7 Å². The Hall–Kier alpha value is 0.120. The highest BCUT2D eigenvalue weighted by molar-refractivity contribution is 8.04. The van der Waals surface area contributed by atoms with Crippen LogP contribution in [0.25, 0.3) is 0 Å². The Morgan fingerprint density at radius 2 is 2.00 bits per heavy atom. The summed E-state index contributed by atoms with van der Waals surface area (Å²) in [5.41, 5.74) is 0. The highest BCUT2D eigenvalue weighted by Crippen LogP contribution is 2.02. The van der Waals surface area contributed by atoms with Gasteiger partial charge < -0.3 is 0 Å². The van der Waals surface area contributed by atoms with Crippen LogP contribution in [0.3, 0.4) is 0 Å². The maximum atomic E-state index is 9.95. The number of unbranched alkanes of at least 4 members (excludes halogenated alkanes) is 2. The van der Waals surface area contributed by atoms with Crippen LogP contribution in [0.1, 0.15) is 26.2 Å². The summed E-state index contributed by atoms with van der Waals surface area (Å²) in [6, 6.07) is 0. The molecule has 0 amide bonds. The molecule has 0 aliphatic carbocycles.